The Hall–Kier alpha value is -1.95. The summed E-state index contributed by atoms with van der Waals surface area (Å²) in [6, 6.07) is 6.83. The van der Waals surface area contributed by atoms with Gasteiger partial charge in [-0.25, -0.2) is 4.98 Å². The number of aromatic nitrogens is 2. The van der Waals surface area contributed by atoms with Gasteiger partial charge in [0.25, 0.3) is 0 Å². The van der Waals surface area contributed by atoms with Gasteiger partial charge in [-0.1, -0.05) is 23.7 Å². The maximum Gasteiger partial charge on any atom is 0.433 e. The van der Waals surface area contributed by atoms with Gasteiger partial charge >= 0.3 is 6.18 Å². The molecule has 7 heteroatoms. The molecule has 0 spiro atoms. The molecule has 21 heavy (non-hydrogen) atoms. The Kier molecular flexibility index (Phi) is 4.27. The number of halogens is 4. The van der Waals surface area contributed by atoms with Gasteiger partial charge in [-0.15, -0.1) is 0 Å². The Labute approximate surface area is 123 Å². The predicted octanol–water partition coefficient (Wildman–Crippen LogP) is 3.87. The van der Waals surface area contributed by atoms with Gasteiger partial charge in [-0.3, -0.25) is 9.78 Å². The van der Waals surface area contributed by atoms with E-state index in [0.717, 1.165) is 12.3 Å². The van der Waals surface area contributed by atoms with E-state index in [4.69, 9.17) is 11.6 Å². The molecule has 1 unspecified atom stereocenters. The highest BCUT2D eigenvalue weighted by Crippen LogP contribution is 2.30. The monoisotopic (exact) mass is 314 g/mol. The van der Waals surface area contributed by atoms with Crippen LogP contribution in [0.4, 0.5) is 13.2 Å². The molecule has 0 saturated carbocycles. The van der Waals surface area contributed by atoms with E-state index in [9.17, 15) is 18.0 Å². The standard InChI is InChI=1S/C14H10ClF3N2O/c1-8(21)13(10-3-2-4-12(15)20-10)9-5-6-11(19-7-9)14(16,17)18/h2-7,13H,1H3. The Balaban J connectivity index is 2.42. The number of ketones is 1. The van der Waals surface area contributed by atoms with Gasteiger partial charge in [-0.05, 0) is 30.7 Å². The van der Waals surface area contributed by atoms with Gasteiger partial charge in [-0.2, -0.15) is 13.2 Å². The number of nitrogens with zero attached hydrogens (tertiary/aromatic N) is 2. The molecule has 0 amide bonds. The lowest BCUT2D eigenvalue weighted by Crippen LogP contribution is -2.14. The summed E-state index contributed by atoms with van der Waals surface area (Å²) in [6.07, 6.45) is -3.48. The summed E-state index contributed by atoms with van der Waals surface area (Å²) in [5, 5.41) is 0.207. The first kappa shape index (κ1) is 15.4. The zero-order chi connectivity index (χ0) is 15.6. The third kappa shape index (κ3) is 3.58. The number of carbonyl (C=O) groups excluding carboxylic acids is 1. The summed E-state index contributed by atoms with van der Waals surface area (Å²) in [6.45, 7) is 1.34. The van der Waals surface area contributed by atoms with Gasteiger partial charge < -0.3 is 0 Å². The van der Waals surface area contributed by atoms with E-state index < -0.39 is 17.8 Å². The third-order valence-electron chi connectivity index (χ3n) is 2.85. The SMILES string of the molecule is CC(=O)C(c1ccc(C(F)(F)F)nc1)c1cccc(Cl)n1. The molecular weight excluding hydrogens is 305 g/mol. The van der Waals surface area contributed by atoms with Crippen molar-refractivity contribution in [1.82, 2.24) is 9.97 Å². The van der Waals surface area contributed by atoms with Crippen molar-refractivity contribution in [3.05, 3.63) is 58.6 Å². The minimum atomic E-state index is -4.52. The fourth-order valence-corrected chi connectivity index (χ4v) is 2.11. The molecule has 2 rings (SSSR count). The highest BCUT2D eigenvalue weighted by Gasteiger charge is 2.32. The maximum absolute atomic E-state index is 12.5. The first-order valence-corrected chi connectivity index (χ1v) is 6.33. The van der Waals surface area contributed by atoms with Crippen LogP contribution >= 0.6 is 11.6 Å². The summed E-state index contributed by atoms with van der Waals surface area (Å²) in [7, 11) is 0. The van der Waals surface area contributed by atoms with E-state index in [2.05, 4.69) is 9.97 Å². The van der Waals surface area contributed by atoms with E-state index in [0.29, 0.717) is 11.3 Å². The van der Waals surface area contributed by atoms with Crippen molar-refractivity contribution >= 4 is 17.4 Å². The Morgan fingerprint density at radius 1 is 1.24 bits per heavy atom. The van der Waals surface area contributed by atoms with Crippen molar-refractivity contribution in [2.24, 2.45) is 0 Å². The number of carbonyl (C=O) groups is 1. The average Bonchev–Trinajstić information content (AvgIpc) is 2.38. The van der Waals surface area contributed by atoms with E-state index in [1.165, 1.54) is 13.0 Å². The van der Waals surface area contributed by atoms with E-state index in [1.54, 1.807) is 18.2 Å². The molecule has 0 fully saturated rings. The molecule has 0 radical (unpaired) electrons. The summed E-state index contributed by atoms with van der Waals surface area (Å²) in [4.78, 5) is 19.2. The molecular formula is C14H10ClF3N2O. The van der Waals surface area contributed by atoms with Crippen molar-refractivity contribution in [2.45, 2.75) is 19.0 Å². The van der Waals surface area contributed by atoms with Gasteiger partial charge in [0.05, 0.1) is 11.6 Å². The molecule has 2 aromatic rings. The van der Waals surface area contributed by atoms with Crippen molar-refractivity contribution in [2.75, 3.05) is 0 Å². The van der Waals surface area contributed by atoms with Crippen molar-refractivity contribution in [3.8, 4) is 0 Å². The fraction of sp³-hybridized carbons (Fsp3) is 0.214. The number of rotatable bonds is 3. The number of hydrogen-bond acceptors (Lipinski definition) is 3. The summed E-state index contributed by atoms with van der Waals surface area (Å²) >= 11 is 5.78. The van der Waals surface area contributed by atoms with Crippen LogP contribution in [0, 0.1) is 0 Å². The highest BCUT2D eigenvalue weighted by molar-refractivity contribution is 6.29. The van der Waals surface area contributed by atoms with Crippen LogP contribution in [0.15, 0.2) is 36.5 Å². The zero-order valence-corrected chi connectivity index (χ0v) is 11.6. The van der Waals surface area contributed by atoms with Crippen LogP contribution in [0.25, 0.3) is 0 Å². The van der Waals surface area contributed by atoms with Crippen LogP contribution in [0.5, 0.6) is 0 Å². The molecule has 0 aliphatic rings. The summed E-state index contributed by atoms with van der Waals surface area (Å²) in [5.74, 6) is -1.05. The molecule has 2 aromatic heterocycles. The van der Waals surface area contributed by atoms with Gasteiger partial charge in [0.1, 0.15) is 16.6 Å². The molecule has 1 atom stereocenters. The average molecular weight is 315 g/mol. The van der Waals surface area contributed by atoms with Crippen LogP contribution in [0.3, 0.4) is 0 Å². The maximum atomic E-state index is 12.5. The van der Waals surface area contributed by atoms with Gasteiger partial charge in [0.2, 0.25) is 0 Å². The molecule has 0 N–H and O–H groups in total. The van der Waals surface area contributed by atoms with Gasteiger partial charge in [0.15, 0.2) is 0 Å². The van der Waals surface area contributed by atoms with E-state index >= 15 is 0 Å². The Morgan fingerprint density at radius 3 is 2.43 bits per heavy atom. The predicted molar refractivity (Wildman–Crippen MR) is 71.0 cm³/mol. The normalized spacial score (nSPS) is 13.0. The molecule has 110 valence electrons. The lowest BCUT2D eigenvalue weighted by molar-refractivity contribution is -0.141. The van der Waals surface area contributed by atoms with Gasteiger partial charge in [0, 0.05) is 6.20 Å². The first-order chi connectivity index (χ1) is 9.79. The van der Waals surface area contributed by atoms with Crippen LogP contribution in [0.1, 0.15) is 29.8 Å². The Morgan fingerprint density at radius 2 is 1.95 bits per heavy atom. The number of pyridine rings is 2. The molecule has 3 nitrogen and oxygen atoms in total. The van der Waals surface area contributed by atoms with Crippen LogP contribution < -0.4 is 0 Å². The zero-order valence-electron chi connectivity index (χ0n) is 10.9. The summed E-state index contributed by atoms with van der Waals surface area (Å²) < 4.78 is 37.5. The third-order valence-corrected chi connectivity index (χ3v) is 3.06. The Bertz CT molecular complexity index is 656. The first-order valence-electron chi connectivity index (χ1n) is 5.95. The van der Waals surface area contributed by atoms with Crippen LogP contribution in [-0.2, 0) is 11.0 Å². The van der Waals surface area contributed by atoms with Crippen LogP contribution in [0.2, 0.25) is 5.15 Å². The number of Topliss-reactive ketones (excluding diaryl/α,β-unsaturated/α-hetero) is 1. The number of alkyl halides is 3. The van der Waals surface area contributed by atoms with Crippen molar-refractivity contribution < 1.29 is 18.0 Å². The van der Waals surface area contributed by atoms with Crippen molar-refractivity contribution in [3.63, 3.8) is 0 Å². The number of hydrogen-bond donors (Lipinski definition) is 0. The second kappa shape index (κ2) is 5.81. The molecule has 0 aromatic carbocycles. The second-order valence-electron chi connectivity index (χ2n) is 4.40. The molecule has 0 aliphatic heterocycles. The smallest absolute Gasteiger partial charge is 0.299 e. The largest absolute Gasteiger partial charge is 0.433 e. The summed E-state index contributed by atoms with van der Waals surface area (Å²) in [5.41, 5.74) is -0.297. The molecule has 0 bridgehead atoms. The minimum absolute atomic E-state index is 0.207. The van der Waals surface area contributed by atoms with Crippen molar-refractivity contribution in [1.29, 1.82) is 0 Å². The molecule has 0 saturated heterocycles. The minimum Gasteiger partial charge on any atom is -0.299 e. The molecule has 0 aliphatic carbocycles. The highest BCUT2D eigenvalue weighted by atomic mass is 35.5. The molecule has 2 heterocycles. The lowest BCUT2D eigenvalue weighted by atomic mass is 9.93. The fourth-order valence-electron chi connectivity index (χ4n) is 1.94. The van der Waals surface area contributed by atoms with Crippen LogP contribution in [-0.4, -0.2) is 15.8 Å². The lowest BCUT2D eigenvalue weighted by Gasteiger charge is -2.14. The topological polar surface area (TPSA) is 42.9 Å². The van der Waals surface area contributed by atoms with E-state index in [1.807, 2.05) is 0 Å². The second-order valence-corrected chi connectivity index (χ2v) is 4.79. The van der Waals surface area contributed by atoms with E-state index in [-0.39, 0.29) is 10.9 Å². The quantitative estimate of drug-likeness (QED) is 0.808.